The maximum Gasteiger partial charge on any atom is 0.326 e. The first-order valence-corrected chi connectivity index (χ1v) is 9.22. The summed E-state index contributed by atoms with van der Waals surface area (Å²) in [4.78, 5) is 23.5. The molecule has 0 radical (unpaired) electrons. The smallest absolute Gasteiger partial charge is 0.326 e. The van der Waals surface area contributed by atoms with Crippen molar-refractivity contribution in [3.05, 3.63) is 29.8 Å². The van der Waals surface area contributed by atoms with Gasteiger partial charge in [0.05, 0.1) is 4.90 Å². The number of benzene rings is 1. The number of aliphatic carboxylic acids is 1. The molecule has 134 valence electrons. The second-order valence-corrected chi connectivity index (χ2v) is 7.69. The van der Waals surface area contributed by atoms with Gasteiger partial charge in [0.25, 0.3) is 5.91 Å². The van der Waals surface area contributed by atoms with Crippen LogP contribution in [-0.2, 0) is 14.8 Å². The van der Waals surface area contributed by atoms with Crippen LogP contribution >= 0.6 is 0 Å². The SMILES string of the molecule is CCC(C)C(NC(=O)c1ccc(S(=O)(=O)NC(C)C)cc1)C(=O)O. The zero-order chi connectivity index (χ0) is 18.5. The van der Waals surface area contributed by atoms with Crippen molar-refractivity contribution in [1.29, 1.82) is 0 Å². The number of carbonyl (C=O) groups is 2. The monoisotopic (exact) mass is 356 g/mol. The van der Waals surface area contributed by atoms with Crippen LogP contribution in [0.15, 0.2) is 29.2 Å². The third kappa shape index (κ3) is 5.31. The molecule has 0 aliphatic rings. The van der Waals surface area contributed by atoms with Crippen LogP contribution in [0.25, 0.3) is 0 Å². The molecule has 0 fully saturated rings. The van der Waals surface area contributed by atoms with Crippen LogP contribution in [0.4, 0.5) is 0 Å². The van der Waals surface area contributed by atoms with E-state index in [2.05, 4.69) is 10.0 Å². The van der Waals surface area contributed by atoms with Crippen LogP contribution in [0.1, 0.15) is 44.5 Å². The zero-order valence-corrected chi connectivity index (χ0v) is 15.1. The number of carboxylic acids is 1. The summed E-state index contributed by atoms with van der Waals surface area (Å²) in [7, 11) is -3.63. The Morgan fingerprint density at radius 3 is 2.08 bits per heavy atom. The third-order valence-corrected chi connectivity index (χ3v) is 5.26. The Labute approximate surface area is 142 Å². The molecule has 0 saturated carbocycles. The maximum absolute atomic E-state index is 12.2. The first kappa shape index (κ1) is 20.1. The average Bonchev–Trinajstić information content (AvgIpc) is 2.50. The fraction of sp³-hybridized carbons (Fsp3) is 0.500. The van der Waals surface area contributed by atoms with E-state index in [-0.39, 0.29) is 22.4 Å². The van der Waals surface area contributed by atoms with Crippen molar-refractivity contribution < 1.29 is 23.1 Å². The van der Waals surface area contributed by atoms with Gasteiger partial charge < -0.3 is 10.4 Å². The first-order valence-electron chi connectivity index (χ1n) is 7.74. The number of nitrogens with one attached hydrogen (secondary N) is 2. The summed E-state index contributed by atoms with van der Waals surface area (Å²) in [6.45, 7) is 7.00. The number of amides is 1. The van der Waals surface area contributed by atoms with Gasteiger partial charge >= 0.3 is 5.97 Å². The largest absolute Gasteiger partial charge is 0.480 e. The van der Waals surface area contributed by atoms with Crippen LogP contribution < -0.4 is 10.0 Å². The topological polar surface area (TPSA) is 113 Å². The molecule has 7 nitrogen and oxygen atoms in total. The molecule has 24 heavy (non-hydrogen) atoms. The highest BCUT2D eigenvalue weighted by Gasteiger charge is 2.26. The molecule has 1 amide bonds. The molecule has 0 aliphatic carbocycles. The molecule has 0 heterocycles. The number of carbonyl (C=O) groups excluding carboxylic acids is 1. The highest BCUT2D eigenvalue weighted by atomic mass is 32.2. The molecular formula is C16H24N2O5S. The van der Waals surface area contributed by atoms with Crippen molar-refractivity contribution in [1.82, 2.24) is 10.0 Å². The molecule has 0 saturated heterocycles. The van der Waals surface area contributed by atoms with Gasteiger partial charge in [-0.25, -0.2) is 17.9 Å². The number of hydrogen-bond donors (Lipinski definition) is 3. The van der Waals surface area contributed by atoms with Crippen LogP contribution in [0.3, 0.4) is 0 Å². The summed E-state index contributed by atoms with van der Waals surface area (Å²) in [6.07, 6.45) is 0.606. The Balaban J connectivity index is 2.92. The number of carboxylic acid groups (broad SMARTS) is 1. The summed E-state index contributed by atoms with van der Waals surface area (Å²) in [5.41, 5.74) is 0.202. The van der Waals surface area contributed by atoms with E-state index in [1.54, 1.807) is 20.8 Å². The van der Waals surface area contributed by atoms with Gasteiger partial charge in [0, 0.05) is 11.6 Å². The molecule has 2 unspecified atom stereocenters. The minimum absolute atomic E-state index is 0.0458. The van der Waals surface area contributed by atoms with E-state index in [1.807, 2.05) is 6.92 Å². The minimum atomic E-state index is -3.63. The molecular weight excluding hydrogens is 332 g/mol. The standard InChI is InChI=1S/C16H24N2O5S/c1-5-11(4)14(16(20)21)17-15(19)12-6-8-13(9-7-12)24(22,23)18-10(2)3/h6-11,14,18H,5H2,1-4H3,(H,17,19)(H,20,21). The lowest BCUT2D eigenvalue weighted by atomic mass is 9.99. The Hall–Kier alpha value is -1.93. The quantitative estimate of drug-likeness (QED) is 0.655. The van der Waals surface area contributed by atoms with E-state index < -0.39 is 27.9 Å². The zero-order valence-electron chi connectivity index (χ0n) is 14.2. The molecule has 2 atom stereocenters. The van der Waals surface area contributed by atoms with Crippen LogP contribution in [0.5, 0.6) is 0 Å². The average molecular weight is 356 g/mol. The lowest BCUT2D eigenvalue weighted by molar-refractivity contribution is -0.140. The number of rotatable bonds is 8. The minimum Gasteiger partial charge on any atom is -0.480 e. The van der Waals surface area contributed by atoms with Gasteiger partial charge in [-0.15, -0.1) is 0 Å². The van der Waals surface area contributed by atoms with Crippen molar-refractivity contribution in [3.8, 4) is 0 Å². The third-order valence-electron chi connectivity index (χ3n) is 3.58. The highest BCUT2D eigenvalue weighted by Crippen LogP contribution is 2.13. The van der Waals surface area contributed by atoms with Crippen molar-refractivity contribution in [3.63, 3.8) is 0 Å². The lowest BCUT2D eigenvalue weighted by Crippen LogP contribution is -2.45. The fourth-order valence-corrected chi connectivity index (χ4v) is 3.32. The molecule has 0 aliphatic heterocycles. The van der Waals surface area contributed by atoms with Crippen LogP contribution in [-0.4, -0.2) is 37.5 Å². The first-order chi connectivity index (χ1) is 11.1. The Morgan fingerprint density at radius 1 is 1.12 bits per heavy atom. The summed E-state index contributed by atoms with van der Waals surface area (Å²) in [6, 6.07) is 4.12. The molecule has 0 spiro atoms. The van der Waals surface area contributed by atoms with E-state index in [0.717, 1.165) is 0 Å². The van der Waals surface area contributed by atoms with Crippen molar-refractivity contribution in [2.45, 2.75) is 51.1 Å². The Bertz CT molecular complexity index is 683. The van der Waals surface area contributed by atoms with E-state index >= 15 is 0 Å². The van der Waals surface area contributed by atoms with Gasteiger partial charge in [0.1, 0.15) is 6.04 Å². The predicted molar refractivity (Wildman–Crippen MR) is 90.2 cm³/mol. The second-order valence-electron chi connectivity index (χ2n) is 5.98. The molecule has 3 N–H and O–H groups in total. The summed E-state index contributed by atoms with van der Waals surface area (Å²) >= 11 is 0. The van der Waals surface area contributed by atoms with Crippen LogP contribution in [0.2, 0.25) is 0 Å². The lowest BCUT2D eigenvalue weighted by Gasteiger charge is -2.20. The molecule has 0 bridgehead atoms. The van der Waals surface area contributed by atoms with E-state index in [9.17, 15) is 23.1 Å². The predicted octanol–water partition coefficient (Wildman–Crippen LogP) is 1.60. The molecule has 1 aromatic carbocycles. The van der Waals surface area contributed by atoms with E-state index in [1.165, 1.54) is 24.3 Å². The summed E-state index contributed by atoms with van der Waals surface area (Å²) < 4.78 is 26.5. The maximum atomic E-state index is 12.2. The van der Waals surface area contributed by atoms with Crippen LogP contribution in [0, 0.1) is 5.92 Å². The van der Waals surface area contributed by atoms with Gasteiger partial charge in [-0.3, -0.25) is 4.79 Å². The van der Waals surface area contributed by atoms with E-state index in [0.29, 0.717) is 6.42 Å². The van der Waals surface area contributed by atoms with Gasteiger partial charge in [-0.1, -0.05) is 20.3 Å². The highest BCUT2D eigenvalue weighted by molar-refractivity contribution is 7.89. The molecule has 1 rings (SSSR count). The van der Waals surface area contributed by atoms with Crippen molar-refractivity contribution in [2.24, 2.45) is 5.92 Å². The summed E-state index contributed by atoms with van der Waals surface area (Å²) in [5, 5.41) is 11.7. The molecule has 1 aromatic rings. The van der Waals surface area contributed by atoms with Gasteiger partial charge in [-0.05, 0) is 44.0 Å². The van der Waals surface area contributed by atoms with Gasteiger partial charge in [0.15, 0.2) is 0 Å². The number of sulfonamides is 1. The van der Waals surface area contributed by atoms with E-state index in [4.69, 9.17) is 0 Å². The Morgan fingerprint density at radius 2 is 1.67 bits per heavy atom. The fourth-order valence-electron chi connectivity index (χ4n) is 2.07. The second kappa shape index (κ2) is 8.25. The number of hydrogen-bond acceptors (Lipinski definition) is 4. The molecule has 8 heteroatoms. The van der Waals surface area contributed by atoms with Crippen molar-refractivity contribution in [2.75, 3.05) is 0 Å². The van der Waals surface area contributed by atoms with Gasteiger partial charge in [-0.2, -0.15) is 0 Å². The van der Waals surface area contributed by atoms with Crippen molar-refractivity contribution >= 4 is 21.9 Å². The Kier molecular flexibility index (Phi) is 6.92. The summed E-state index contributed by atoms with van der Waals surface area (Å²) in [5.74, 6) is -1.87. The normalized spacial score (nSPS) is 14.2. The molecule has 0 aromatic heterocycles. The van der Waals surface area contributed by atoms with Gasteiger partial charge in [0.2, 0.25) is 10.0 Å².